The van der Waals surface area contributed by atoms with Crippen molar-refractivity contribution in [2.24, 2.45) is 5.92 Å². The first-order valence-electron chi connectivity index (χ1n) is 6.21. The molecule has 5 nitrogen and oxygen atoms in total. The number of hydrogen-bond donors (Lipinski definition) is 2. The highest BCUT2D eigenvalue weighted by atomic mass is 19.1. The Morgan fingerprint density at radius 3 is 2.50 bits per heavy atom. The van der Waals surface area contributed by atoms with Crippen molar-refractivity contribution in [3.8, 4) is 5.75 Å². The molecule has 0 saturated heterocycles. The lowest BCUT2D eigenvalue weighted by molar-refractivity contribution is -0.137. The summed E-state index contributed by atoms with van der Waals surface area (Å²) < 4.78 is 18.6. The normalized spacial score (nSPS) is 12.1. The van der Waals surface area contributed by atoms with Crippen molar-refractivity contribution in [3.05, 3.63) is 29.6 Å². The molecule has 0 heterocycles. The fraction of sp³-hybridized carbons (Fsp3) is 0.429. The van der Waals surface area contributed by atoms with Gasteiger partial charge in [0.05, 0.1) is 19.1 Å². The van der Waals surface area contributed by atoms with Crippen molar-refractivity contribution in [1.82, 2.24) is 5.32 Å². The number of rotatable bonds is 6. The molecule has 1 atom stereocenters. The minimum absolute atomic E-state index is 0.0728. The molecule has 1 unspecified atom stereocenters. The highest BCUT2D eigenvalue weighted by molar-refractivity contribution is 5.95. The molecule has 20 heavy (non-hydrogen) atoms. The zero-order valence-electron chi connectivity index (χ0n) is 11.6. The molecular formula is C14H18FNO4. The van der Waals surface area contributed by atoms with Gasteiger partial charge in [-0.3, -0.25) is 9.59 Å². The Kier molecular flexibility index (Phi) is 5.49. The van der Waals surface area contributed by atoms with Gasteiger partial charge in [-0.1, -0.05) is 13.8 Å². The summed E-state index contributed by atoms with van der Waals surface area (Å²) in [7, 11) is 1.40. The predicted octanol–water partition coefficient (Wildman–Crippen LogP) is 2.06. The smallest absolute Gasteiger partial charge is 0.305 e. The van der Waals surface area contributed by atoms with E-state index in [0.29, 0.717) is 5.75 Å². The van der Waals surface area contributed by atoms with Gasteiger partial charge in [0.1, 0.15) is 11.6 Å². The highest BCUT2D eigenvalue weighted by Crippen LogP contribution is 2.17. The second-order valence-corrected chi connectivity index (χ2v) is 4.77. The Morgan fingerprint density at radius 1 is 1.40 bits per heavy atom. The van der Waals surface area contributed by atoms with Gasteiger partial charge in [-0.2, -0.15) is 0 Å². The van der Waals surface area contributed by atoms with E-state index in [9.17, 15) is 14.0 Å². The molecule has 2 N–H and O–H groups in total. The van der Waals surface area contributed by atoms with Gasteiger partial charge in [0.2, 0.25) is 0 Å². The summed E-state index contributed by atoms with van der Waals surface area (Å²) in [5.74, 6) is -2.12. The summed E-state index contributed by atoms with van der Waals surface area (Å²) in [6, 6.07) is 3.33. The number of hydrogen-bond acceptors (Lipinski definition) is 3. The number of carbonyl (C=O) groups is 2. The summed E-state index contributed by atoms with van der Waals surface area (Å²) in [6.07, 6.45) is -0.207. The Morgan fingerprint density at radius 2 is 2.05 bits per heavy atom. The Balaban J connectivity index is 2.86. The third kappa shape index (κ3) is 4.22. The number of ether oxygens (including phenoxy) is 1. The predicted molar refractivity (Wildman–Crippen MR) is 71.3 cm³/mol. The van der Waals surface area contributed by atoms with E-state index in [0.717, 1.165) is 6.07 Å². The molecule has 0 aliphatic rings. The summed E-state index contributed by atoms with van der Waals surface area (Å²) in [5, 5.41) is 11.3. The average molecular weight is 283 g/mol. The Labute approximate surface area is 116 Å². The average Bonchev–Trinajstić information content (AvgIpc) is 2.36. The minimum Gasteiger partial charge on any atom is -0.497 e. The second-order valence-electron chi connectivity index (χ2n) is 4.77. The standard InChI is InChI=1S/C14H18FNO4/c1-8(2)12(7-13(17)18)16-14(19)10-5-4-9(20-3)6-11(10)15/h4-6,8,12H,7H2,1-3H3,(H,16,19)(H,17,18). The van der Waals surface area contributed by atoms with Crippen LogP contribution in [0.15, 0.2) is 18.2 Å². The summed E-state index contributed by atoms with van der Waals surface area (Å²) in [6.45, 7) is 3.58. The third-order valence-corrected chi connectivity index (χ3v) is 2.94. The van der Waals surface area contributed by atoms with Gasteiger partial charge >= 0.3 is 5.97 Å². The topological polar surface area (TPSA) is 75.6 Å². The van der Waals surface area contributed by atoms with Crippen molar-refractivity contribution in [2.75, 3.05) is 7.11 Å². The van der Waals surface area contributed by atoms with Crippen LogP contribution in [0.1, 0.15) is 30.6 Å². The number of carboxylic acid groups (broad SMARTS) is 1. The fourth-order valence-corrected chi connectivity index (χ4v) is 1.69. The highest BCUT2D eigenvalue weighted by Gasteiger charge is 2.21. The van der Waals surface area contributed by atoms with E-state index >= 15 is 0 Å². The number of aliphatic carboxylic acids is 1. The van der Waals surface area contributed by atoms with Crippen LogP contribution in [-0.4, -0.2) is 30.1 Å². The number of amides is 1. The summed E-state index contributed by atoms with van der Waals surface area (Å²) in [5.41, 5.74) is -0.137. The SMILES string of the molecule is COc1ccc(C(=O)NC(CC(=O)O)C(C)C)c(F)c1. The van der Waals surface area contributed by atoms with Gasteiger partial charge in [-0.15, -0.1) is 0 Å². The monoisotopic (exact) mass is 283 g/mol. The van der Waals surface area contributed by atoms with E-state index < -0.39 is 23.7 Å². The van der Waals surface area contributed by atoms with E-state index in [-0.39, 0.29) is 17.9 Å². The number of carbonyl (C=O) groups excluding carboxylic acids is 1. The fourth-order valence-electron chi connectivity index (χ4n) is 1.69. The molecule has 0 bridgehead atoms. The Hall–Kier alpha value is -2.11. The molecule has 1 aromatic carbocycles. The van der Waals surface area contributed by atoms with E-state index in [1.54, 1.807) is 13.8 Å². The van der Waals surface area contributed by atoms with E-state index in [1.807, 2.05) is 0 Å². The molecule has 0 aliphatic heterocycles. The summed E-state index contributed by atoms with van der Waals surface area (Å²) >= 11 is 0. The first-order valence-corrected chi connectivity index (χ1v) is 6.21. The van der Waals surface area contributed by atoms with Crippen LogP contribution in [0.25, 0.3) is 0 Å². The molecule has 0 aromatic heterocycles. The van der Waals surface area contributed by atoms with Gasteiger partial charge in [0, 0.05) is 12.1 Å². The van der Waals surface area contributed by atoms with Gasteiger partial charge in [-0.25, -0.2) is 4.39 Å². The van der Waals surface area contributed by atoms with Gasteiger partial charge in [0.15, 0.2) is 0 Å². The van der Waals surface area contributed by atoms with Crippen molar-refractivity contribution >= 4 is 11.9 Å². The van der Waals surface area contributed by atoms with Crippen LogP contribution in [0.3, 0.4) is 0 Å². The van der Waals surface area contributed by atoms with Gasteiger partial charge in [-0.05, 0) is 18.1 Å². The number of halogens is 1. The molecule has 0 radical (unpaired) electrons. The largest absolute Gasteiger partial charge is 0.497 e. The number of benzene rings is 1. The number of nitrogens with one attached hydrogen (secondary N) is 1. The van der Waals surface area contributed by atoms with E-state index in [1.165, 1.54) is 19.2 Å². The first-order chi connectivity index (χ1) is 9.35. The third-order valence-electron chi connectivity index (χ3n) is 2.94. The molecule has 6 heteroatoms. The quantitative estimate of drug-likeness (QED) is 0.838. The number of carboxylic acids is 1. The van der Waals surface area contributed by atoms with Crippen molar-refractivity contribution in [1.29, 1.82) is 0 Å². The van der Waals surface area contributed by atoms with Crippen molar-refractivity contribution < 1.29 is 23.8 Å². The van der Waals surface area contributed by atoms with Crippen LogP contribution in [0.4, 0.5) is 4.39 Å². The summed E-state index contributed by atoms with van der Waals surface area (Å²) in [4.78, 5) is 22.7. The Bertz CT molecular complexity index is 502. The van der Waals surface area contributed by atoms with E-state index in [2.05, 4.69) is 5.32 Å². The first kappa shape index (κ1) is 15.9. The van der Waals surface area contributed by atoms with Crippen LogP contribution >= 0.6 is 0 Å². The molecule has 1 rings (SSSR count). The molecule has 1 aromatic rings. The lowest BCUT2D eigenvalue weighted by Gasteiger charge is -2.20. The van der Waals surface area contributed by atoms with Crippen LogP contribution in [-0.2, 0) is 4.79 Å². The molecular weight excluding hydrogens is 265 g/mol. The van der Waals surface area contributed by atoms with Crippen molar-refractivity contribution in [3.63, 3.8) is 0 Å². The minimum atomic E-state index is -1.01. The van der Waals surface area contributed by atoms with Crippen molar-refractivity contribution in [2.45, 2.75) is 26.3 Å². The maximum atomic E-state index is 13.7. The van der Waals surface area contributed by atoms with Crippen LogP contribution < -0.4 is 10.1 Å². The molecule has 0 fully saturated rings. The molecule has 0 spiro atoms. The zero-order valence-corrected chi connectivity index (χ0v) is 11.6. The zero-order chi connectivity index (χ0) is 15.3. The van der Waals surface area contributed by atoms with Gasteiger partial charge < -0.3 is 15.2 Å². The molecule has 1 amide bonds. The van der Waals surface area contributed by atoms with Gasteiger partial charge in [0.25, 0.3) is 5.91 Å². The molecule has 0 aliphatic carbocycles. The number of methoxy groups -OCH3 is 1. The second kappa shape index (κ2) is 6.88. The lowest BCUT2D eigenvalue weighted by atomic mass is 10.0. The van der Waals surface area contributed by atoms with Crippen LogP contribution in [0.5, 0.6) is 5.75 Å². The van der Waals surface area contributed by atoms with E-state index in [4.69, 9.17) is 9.84 Å². The van der Waals surface area contributed by atoms with Crippen LogP contribution in [0, 0.1) is 11.7 Å². The van der Waals surface area contributed by atoms with Crippen LogP contribution in [0.2, 0.25) is 0 Å². The maximum Gasteiger partial charge on any atom is 0.305 e. The molecule has 110 valence electrons. The molecule has 0 saturated carbocycles. The lowest BCUT2D eigenvalue weighted by Crippen LogP contribution is -2.40. The maximum absolute atomic E-state index is 13.7.